The Hall–Kier alpha value is -2.44. The van der Waals surface area contributed by atoms with Crippen LogP contribution < -0.4 is 0 Å². The van der Waals surface area contributed by atoms with Crippen LogP contribution in [0.1, 0.15) is 42.1 Å². The number of carbonyl (C=O) groups is 2. The summed E-state index contributed by atoms with van der Waals surface area (Å²) in [5.74, 6) is -0.784. The number of carbonyl (C=O) groups excluding carboxylic acids is 2. The number of hydrogen-bond acceptors (Lipinski definition) is 5. The summed E-state index contributed by atoms with van der Waals surface area (Å²) in [6.45, 7) is 4.04. The van der Waals surface area contributed by atoms with E-state index in [0.29, 0.717) is 18.5 Å². The zero-order chi connectivity index (χ0) is 17.0. The largest absolute Gasteiger partial charge is 0.464 e. The number of ether oxygens (including phenoxy) is 1. The summed E-state index contributed by atoms with van der Waals surface area (Å²) in [6, 6.07) is 3.77. The van der Waals surface area contributed by atoms with Gasteiger partial charge in [0.25, 0.3) is 11.6 Å². The number of nitro benzene ring substituents is 1. The van der Waals surface area contributed by atoms with E-state index in [-0.39, 0.29) is 23.8 Å². The normalized spacial score (nSPS) is 17.7. The third-order valence-electron chi connectivity index (χ3n) is 3.98. The SMILES string of the molecule is CCOC(=O)C1CCCCN1C(=O)c1ccc(C)c([N+](=O)[O-])c1. The van der Waals surface area contributed by atoms with Gasteiger partial charge in [-0.1, -0.05) is 6.07 Å². The number of esters is 1. The maximum Gasteiger partial charge on any atom is 0.328 e. The standard InChI is InChI=1S/C16H20N2O5/c1-3-23-16(20)13-6-4-5-9-17(13)15(19)12-8-7-11(2)14(10-12)18(21)22/h7-8,10,13H,3-6,9H2,1-2H3. The van der Waals surface area contributed by atoms with Crippen molar-refractivity contribution in [2.24, 2.45) is 0 Å². The number of nitro groups is 1. The van der Waals surface area contributed by atoms with Crippen LogP contribution in [-0.4, -0.2) is 40.9 Å². The van der Waals surface area contributed by atoms with Crippen molar-refractivity contribution >= 4 is 17.6 Å². The molecule has 1 fully saturated rings. The van der Waals surface area contributed by atoms with Gasteiger partial charge in [0.1, 0.15) is 6.04 Å². The highest BCUT2D eigenvalue weighted by atomic mass is 16.6. The molecule has 0 bridgehead atoms. The van der Waals surface area contributed by atoms with Crippen LogP contribution in [0.15, 0.2) is 18.2 Å². The quantitative estimate of drug-likeness (QED) is 0.483. The van der Waals surface area contributed by atoms with Crippen LogP contribution in [0.25, 0.3) is 0 Å². The smallest absolute Gasteiger partial charge is 0.328 e. The Morgan fingerprint density at radius 1 is 1.39 bits per heavy atom. The first-order valence-electron chi connectivity index (χ1n) is 7.68. The molecule has 1 aromatic carbocycles. The first kappa shape index (κ1) is 16.9. The van der Waals surface area contributed by atoms with Gasteiger partial charge in [-0.15, -0.1) is 0 Å². The first-order valence-corrected chi connectivity index (χ1v) is 7.68. The van der Waals surface area contributed by atoms with Crippen molar-refractivity contribution < 1.29 is 19.2 Å². The monoisotopic (exact) mass is 320 g/mol. The molecule has 1 unspecified atom stereocenters. The minimum Gasteiger partial charge on any atom is -0.464 e. The summed E-state index contributed by atoms with van der Waals surface area (Å²) < 4.78 is 5.04. The van der Waals surface area contributed by atoms with Crippen molar-refractivity contribution in [1.29, 1.82) is 0 Å². The molecule has 2 rings (SSSR count). The summed E-state index contributed by atoms with van der Waals surface area (Å²) in [7, 11) is 0. The van der Waals surface area contributed by atoms with E-state index >= 15 is 0 Å². The predicted octanol–water partition coefficient (Wildman–Crippen LogP) is 2.46. The Morgan fingerprint density at radius 2 is 2.13 bits per heavy atom. The summed E-state index contributed by atoms with van der Waals surface area (Å²) in [6.07, 6.45) is 2.20. The van der Waals surface area contributed by atoms with Crippen LogP contribution in [0, 0.1) is 17.0 Å². The van der Waals surface area contributed by atoms with Gasteiger partial charge in [0.2, 0.25) is 0 Å². The molecule has 1 atom stereocenters. The number of likely N-dealkylation sites (tertiary alicyclic amines) is 1. The van der Waals surface area contributed by atoms with Gasteiger partial charge in [0, 0.05) is 23.7 Å². The molecule has 1 aliphatic heterocycles. The van der Waals surface area contributed by atoms with Gasteiger partial charge in [0.05, 0.1) is 11.5 Å². The third-order valence-corrected chi connectivity index (χ3v) is 3.98. The Balaban J connectivity index is 2.28. The molecule has 0 saturated carbocycles. The zero-order valence-corrected chi connectivity index (χ0v) is 13.3. The lowest BCUT2D eigenvalue weighted by atomic mass is 10.00. The maximum absolute atomic E-state index is 12.7. The number of amides is 1. The van der Waals surface area contributed by atoms with E-state index in [1.54, 1.807) is 26.0 Å². The Bertz CT molecular complexity index is 629. The van der Waals surface area contributed by atoms with Gasteiger partial charge < -0.3 is 9.64 Å². The van der Waals surface area contributed by atoms with E-state index in [1.165, 1.54) is 11.0 Å². The molecule has 1 aliphatic rings. The highest BCUT2D eigenvalue weighted by Crippen LogP contribution is 2.24. The van der Waals surface area contributed by atoms with Crippen LogP contribution >= 0.6 is 0 Å². The molecule has 1 amide bonds. The van der Waals surface area contributed by atoms with Crippen molar-refractivity contribution in [3.63, 3.8) is 0 Å². The number of aryl methyl sites for hydroxylation is 1. The van der Waals surface area contributed by atoms with Gasteiger partial charge in [-0.05, 0) is 39.2 Å². The molecule has 1 heterocycles. The van der Waals surface area contributed by atoms with Crippen LogP contribution in [-0.2, 0) is 9.53 Å². The lowest BCUT2D eigenvalue weighted by molar-refractivity contribution is -0.385. The zero-order valence-electron chi connectivity index (χ0n) is 13.3. The summed E-state index contributed by atoms with van der Waals surface area (Å²) in [4.78, 5) is 36.7. The van der Waals surface area contributed by atoms with E-state index < -0.39 is 16.9 Å². The molecule has 1 saturated heterocycles. The van der Waals surface area contributed by atoms with Crippen molar-refractivity contribution in [3.05, 3.63) is 39.4 Å². The molecule has 7 nitrogen and oxygen atoms in total. The first-order chi connectivity index (χ1) is 11.0. The molecule has 0 N–H and O–H groups in total. The van der Waals surface area contributed by atoms with Crippen LogP contribution in [0.3, 0.4) is 0 Å². The van der Waals surface area contributed by atoms with Gasteiger partial charge >= 0.3 is 5.97 Å². The van der Waals surface area contributed by atoms with Crippen molar-refractivity contribution in [3.8, 4) is 0 Å². The fourth-order valence-corrected chi connectivity index (χ4v) is 2.76. The fourth-order valence-electron chi connectivity index (χ4n) is 2.76. The summed E-state index contributed by atoms with van der Waals surface area (Å²) >= 11 is 0. The molecule has 7 heteroatoms. The number of nitrogens with zero attached hydrogens (tertiary/aromatic N) is 2. The molecule has 0 spiro atoms. The minimum absolute atomic E-state index is 0.0967. The predicted molar refractivity (Wildman–Crippen MR) is 83.1 cm³/mol. The number of benzene rings is 1. The van der Waals surface area contributed by atoms with E-state index in [9.17, 15) is 19.7 Å². The second kappa shape index (κ2) is 7.21. The van der Waals surface area contributed by atoms with Crippen molar-refractivity contribution in [2.45, 2.75) is 39.2 Å². The Kier molecular flexibility index (Phi) is 5.31. The van der Waals surface area contributed by atoms with Crippen molar-refractivity contribution in [2.75, 3.05) is 13.2 Å². The third kappa shape index (κ3) is 3.67. The lowest BCUT2D eigenvalue weighted by Crippen LogP contribution is -2.48. The van der Waals surface area contributed by atoms with Crippen LogP contribution in [0.2, 0.25) is 0 Å². The highest BCUT2D eigenvalue weighted by Gasteiger charge is 2.34. The molecule has 23 heavy (non-hydrogen) atoms. The Labute approximate surface area is 134 Å². The van der Waals surface area contributed by atoms with Crippen LogP contribution in [0.5, 0.6) is 0 Å². The lowest BCUT2D eigenvalue weighted by Gasteiger charge is -2.34. The highest BCUT2D eigenvalue weighted by molar-refractivity contribution is 5.97. The molecule has 124 valence electrons. The number of hydrogen-bond donors (Lipinski definition) is 0. The summed E-state index contributed by atoms with van der Waals surface area (Å²) in [5, 5.41) is 11.0. The minimum atomic E-state index is -0.614. The second-order valence-corrected chi connectivity index (χ2v) is 5.52. The second-order valence-electron chi connectivity index (χ2n) is 5.52. The van der Waals surface area contributed by atoms with E-state index in [2.05, 4.69) is 0 Å². The van der Waals surface area contributed by atoms with Gasteiger partial charge in [-0.3, -0.25) is 14.9 Å². The molecule has 0 aliphatic carbocycles. The maximum atomic E-state index is 12.7. The Morgan fingerprint density at radius 3 is 2.78 bits per heavy atom. The molecule has 0 radical (unpaired) electrons. The molecule has 1 aromatic rings. The van der Waals surface area contributed by atoms with Gasteiger partial charge in [-0.25, -0.2) is 4.79 Å². The van der Waals surface area contributed by atoms with E-state index in [4.69, 9.17) is 4.74 Å². The fraction of sp³-hybridized carbons (Fsp3) is 0.500. The number of piperidine rings is 1. The summed E-state index contributed by atoms with van der Waals surface area (Å²) in [5.41, 5.74) is 0.617. The molecular formula is C16H20N2O5. The van der Waals surface area contributed by atoms with Crippen molar-refractivity contribution in [1.82, 2.24) is 4.90 Å². The van der Waals surface area contributed by atoms with E-state index in [0.717, 1.165) is 12.8 Å². The van der Waals surface area contributed by atoms with E-state index in [1.807, 2.05) is 0 Å². The average molecular weight is 320 g/mol. The topological polar surface area (TPSA) is 89.8 Å². The van der Waals surface area contributed by atoms with Crippen LogP contribution in [0.4, 0.5) is 5.69 Å². The molecular weight excluding hydrogens is 300 g/mol. The van der Waals surface area contributed by atoms with Gasteiger partial charge in [0.15, 0.2) is 0 Å². The average Bonchev–Trinajstić information content (AvgIpc) is 2.54. The molecule has 0 aromatic heterocycles. The number of rotatable bonds is 4. The van der Waals surface area contributed by atoms with Gasteiger partial charge in [-0.2, -0.15) is 0 Å².